The number of carbonyl (C=O) groups is 1. The van der Waals surface area contributed by atoms with E-state index in [2.05, 4.69) is 27.1 Å². The number of aromatic nitrogens is 5. The van der Waals surface area contributed by atoms with E-state index >= 15 is 0 Å². The van der Waals surface area contributed by atoms with Crippen molar-refractivity contribution in [1.29, 1.82) is 0 Å². The molecule has 1 N–H and O–H groups in total. The topological polar surface area (TPSA) is 85.6 Å². The molecule has 3 aromatic heterocycles. The van der Waals surface area contributed by atoms with Gasteiger partial charge in [-0.3, -0.25) is 9.36 Å². The van der Waals surface area contributed by atoms with Crippen LogP contribution in [0.1, 0.15) is 0 Å². The van der Waals surface area contributed by atoms with Crippen LogP contribution in [0.4, 0.5) is 5.13 Å². The highest BCUT2D eigenvalue weighted by Crippen LogP contribution is 2.34. The van der Waals surface area contributed by atoms with Crippen LogP contribution < -0.4 is 5.32 Å². The molecule has 0 fully saturated rings. The van der Waals surface area contributed by atoms with Crippen molar-refractivity contribution in [2.24, 2.45) is 0 Å². The molecular weight excluding hydrogens is 607 g/mol. The predicted molar refractivity (Wildman–Crippen MR) is 173 cm³/mol. The van der Waals surface area contributed by atoms with Crippen LogP contribution in [-0.4, -0.2) is 36.4 Å². The molecule has 0 aliphatic carbocycles. The number of hydrogen-bond acceptors (Lipinski definition) is 7. The predicted octanol–water partition coefficient (Wildman–Crippen LogP) is 8.51. The molecule has 3 aromatic carbocycles. The number of thioether (sulfide) groups is 1. The Bertz CT molecular complexity index is 1920. The number of rotatable bonds is 9. The fourth-order valence-electron chi connectivity index (χ4n) is 4.44. The Hall–Kier alpha value is -4.02. The number of carbonyl (C=O) groups excluding carboxylic acids is 1. The Morgan fingerprint density at radius 2 is 1.76 bits per heavy atom. The van der Waals surface area contributed by atoms with Crippen LogP contribution >= 0.6 is 46.3 Å². The fourth-order valence-corrected chi connectivity index (χ4v) is 6.42. The summed E-state index contributed by atoms with van der Waals surface area (Å²) in [6.45, 7) is 4.40. The number of hydrogen-bond donors (Lipinski definition) is 1. The van der Waals surface area contributed by atoms with Gasteiger partial charge in [0.15, 0.2) is 16.1 Å². The standard InChI is InChI=1S/C31H22Cl2N6OS2/c1-2-14-39-29(23-16-26(19-8-4-3-5-9-19)34-25-11-7-6-10-21(23)25)37-38-31(39)42-18-28(40)36-30-35-27(17-41-30)22-13-12-20(32)15-24(22)33/h2-13,15-17H,1,14,18H2,(H,35,36,40). The molecular formula is C31H22Cl2N6OS2. The third-order valence-corrected chi connectivity index (χ3v) is 8.62. The van der Waals surface area contributed by atoms with Crippen molar-refractivity contribution in [2.45, 2.75) is 11.7 Å². The second-order valence-corrected chi connectivity index (χ2v) is 11.8. The van der Waals surface area contributed by atoms with Gasteiger partial charge in [0.25, 0.3) is 0 Å². The minimum Gasteiger partial charge on any atom is -0.301 e. The average molecular weight is 630 g/mol. The van der Waals surface area contributed by atoms with E-state index in [-0.39, 0.29) is 11.7 Å². The Morgan fingerprint density at radius 3 is 2.57 bits per heavy atom. The van der Waals surface area contributed by atoms with Gasteiger partial charge in [0.05, 0.1) is 27.7 Å². The smallest absolute Gasteiger partial charge is 0.236 e. The zero-order chi connectivity index (χ0) is 29.1. The monoisotopic (exact) mass is 628 g/mol. The molecule has 0 atom stereocenters. The van der Waals surface area contributed by atoms with Gasteiger partial charge in [0, 0.05) is 39.0 Å². The molecule has 0 aliphatic rings. The second-order valence-electron chi connectivity index (χ2n) is 9.14. The number of nitrogens with one attached hydrogen (secondary N) is 1. The van der Waals surface area contributed by atoms with Crippen molar-refractivity contribution in [2.75, 3.05) is 11.1 Å². The maximum Gasteiger partial charge on any atom is 0.236 e. The summed E-state index contributed by atoms with van der Waals surface area (Å²) in [7, 11) is 0. The van der Waals surface area contributed by atoms with Crippen LogP contribution in [-0.2, 0) is 11.3 Å². The van der Waals surface area contributed by atoms with E-state index in [1.807, 2.05) is 70.6 Å². The summed E-state index contributed by atoms with van der Waals surface area (Å²) in [6, 6.07) is 25.3. The first-order chi connectivity index (χ1) is 20.5. The van der Waals surface area contributed by atoms with E-state index in [0.29, 0.717) is 38.4 Å². The van der Waals surface area contributed by atoms with E-state index in [1.165, 1.54) is 23.1 Å². The number of nitrogens with zero attached hydrogens (tertiary/aromatic N) is 5. The number of para-hydroxylation sites is 1. The molecule has 0 spiro atoms. The largest absolute Gasteiger partial charge is 0.301 e. The van der Waals surface area contributed by atoms with Gasteiger partial charge in [-0.05, 0) is 30.3 Å². The Labute approximate surface area is 260 Å². The van der Waals surface area contributed by atoms with E-state index < -0.39 is 0 Å². The number of halogens is 2. The molecule has 7 nitrogen and oxygen atoms in total. The van der Waals surface area contributed by atoms with Gasteiger partial charge < -0.3 is 5.32 Å². The van der Waals surface area contributed by atoms with Crippen molar-refractivity contribution in [1.82, 2.24) is 24.7 Å². The van der Waals surface area contributed by atoms with Crippen LogP contribution in [0.2, 0.25) is 10.0 Å². The van der Waals surface area contributed by atoms with Crippen LogP contribution in [0.15, 0.2) is 102 Å². The van der Waals surface area contributed by atoms with Crippen molar-refractivity contribution in [3.8, 4) is 33.9 Å². The normalized spacial score (nSPS) is 11.1. The number of benzene rings is 3. The second kappa shape index (κ2) is 12.5. The van der Waals surface area contributed by atoms with Gasteiger partial charge in [-0.2, -0.15) is 0 Å². The number of allylic oxidation sites excluding steroid dienone is 1. The molecule has 0 bridgehead atoms. The summed E-state index contributed by atoms with van der Waals surface area (Å²) in [4.78, 5) is 22.3. The van der Waals surface area contributed by atoms with E-state index in [1.54, 1.807) is 24.3 Å². The molecule has 1 amide bonds. The van der Waals surface area contributed by atoms with Crippen LogP contribution in [0.5, 0.6) is 0 Å². The molecule has 6 aromatic rings. The lowest BCUT2D eigenvalue weighted by molar-refractivity contribution is -0.113. The van der Waals surface area contributed by atoms with Crippen molar-refractivity contribution in [3.05, 3.63) is 107 Å². The summed E-state index contributed by atoms with van der Waals surface area (Å²) in [6.07, 6.45) is 1.79. The lowest BCUT2D eigenvalue weighted by Crippen LogP contribution is -2.14. The molecule has 0 saturated carbocycles. The number of thiazole rings is 1. The number of anilines is 1. The maximum absolute atomic E-state index is 12.9. The first-order valence-corrected chi connectivity index (χ1v) is 15.5. The summed E-state index contributed by atoms with van der Waals surface area (Å²) in [5.41, 5.74) is 5.03. The third kappa shape index (κ3) is 5.96. The molecule has 42 heavy (non-hydrogen) atoms. The van der Waals surface area contributed by atoms with Gasteiger partial charge in [-0.15, -0.1) is 28.1 Å². The number of amides is 1. The zero-order valence-electron chi connectivity index (χ0n) is 22.0. The summed E-state index contributed by atoms with van der Waals surface area (Å²) in [5.74, 6) is 0.592. The fraction of sp³-hybridized carbons (Fsp3) is 0.0645. The van der Waals surface area contributed by atoms with Crippen molar-refractivity contribution >= 4 is 68.2 Å². The van der Waals surface area contributed by atoms with Crippen LogP contribution in [0, 0.1) is 0 Å². The van der Waals surface area contributed by atoms with Gasteiger partial charge in [-0.25, -0.2) is 9.97 Å². The zero-order valence-corrected chi connectivity index (χ0v) is 25.1. The molecule has 0 unspecified atom stereocenters. The Balaban J connectivity index is 1.24. The van der Waals surface area contributed by atoms with E-state index in [4.69, 9.17) is 28.2 Å². The van der Waals surface area contributed by atoms with Gasteiger partial charge in [0.2, 0.25) is 5.91 Å². The molecule has 6 rings (SSSR count). The van der Waals surface area contributed by atoms with Crippen molar-refractivity contribution in [3.63, 3.8) is 0 Å². The minimum absolute atomic E-state index is 0.123. The third-order valence-electron chi connectivity index (χ3n) is 6.35. The highest BCUT2D eigenvalue weighted by Gasteiger charge is 2.19. The summed E-state index contributed by atoms with van der Waals surface area (Å²) < 4.78 is 1.96. The molecule has 0 aliphatic heterocycles. The van der Waals surface area contributed by atoms with Crippen molar-refractivity contribution < 1.29 is 4.79 Å². The summed E-state index contributed by atoms with van der Waals surface area (Å²) in [5, 5.41) is 16.8. The highest BCUT2D eigenvalue weighted by atomic mass is 35.5. The molecule has 0 saturated heterocycles. The number of fused-ring (bicyclic) bond motifs is 1. The molecule has 208 valence electrons. The van der Waals surface area contributed by atoms with Gasteiger partial charge >= 0.3 is 0 Å². The van der Waals surface area contributed by atoms with E-state index in [0.717, 1.165) is 33.3 Å². The van der Waals surface area contributed by atoms with Crippen LogP contribution in [0.3, 0.4) is 0 Å². The molecule has 0 radical (unpaired) electrons. The molecule has 11 heteroatoms. The lowest BCUT2D eigenvalue weighted by atomic mass is 10.0. The van der Waals surface area contributed by atoms with Gasteiger partial charge in [0.1, 0.15) is 0 Å². The SMILES string of the molecule is C=CCn1c(SCC(=O)Nc2nc(-c3ccc(Cl)cc3Cl)cs2)nnc1-c1cc(-c2ccccc2)nc2ccccc12. The first kappa shape index (κ1) is 28.1. The number of pyridine rings is 1. The van der Waals surface area contributed by atoms with Crippen LogP contribution in [0.25, 0.3) is 44.8 Å². The average Bonchev–Trinajstić information content (AvgIpc) is 3.63. The van der Waals surface area contributed by atoms with E-state index in [9.17, 15) is 4.79 Å². The minimum atomic E-state index is -0.210. The maximum atomic E-state index is 12.9. The Kier molecular flexibility index (Phi) is 8.34. The molecule has 3 heterocycles. The lowest BCUT2D eigenvalue weighted by Gasteiger charge is -2.12. The Morgan fingerprint density at radius 1 is 0.952 bits per heavy atom. The first-order valence-electron chi connectivity index (χ1n) is 12.8. The highest BCUT2D eigenvalue weighted by molar-refractivity contribution is 7.99. The summed E-state index contributed by atoms with van der Waals surface area (Å²) >= 11 is 14.9. The van der Waals surface area contributed by atoms with Gasteiger partial charge in [-0.1, -0.05) is 89.6 Å². The quantitative estimate of drug-likeness (QED) is 0.128.